The fourth-order valence-corrected chi connectivity index (χ4v) is 2.43. The lowest BCUT2D eigenvalue weighted by Crippen LogP contribution is -2.32. The molecular weight excluding hydrogens is 274 g/mol. The lowest BCUT2D eigenvalue weighted by molar-refractivity contribution is 0.208. The molecule has 0 spiro atoms. The van der Waals surface area contributed by atoms with Crippen LogP contribution in [0.15, 0.2) is 23.8 Å². The summed E-state index contributed by atoms with van der Waals surface area (Å²) in [5.74, 6) is 0.888. The van der Waals surface area contributed by atoms with Gasteiger partial charge in [-0.05, 0) is 41.7 Å². The number of benzene rings is 1. The average molecular weight is 296 g/mol. The number of aliphatic hydroxyl groups is 1. The van der Waals surface area contributed by atoms with Crippen molar-refractivity contribution in [3.05, 3.63) is 34.4 Å². The van der Waals surface area contributed by atoms with E-state index in [1.165, 1.54) is 5.57 Å². The number of halogens is 1. The zero-order chi connectivity index (χ0) is 14.6. The molecule has 0 saturated heterocycles. The normalized spacial score (nSPS) is 14.5. The molecule has 20 heavy (non-hydrogen) atoms. The highest BCUT2D eigenvalue weighted by molar-refractivity contribution is 6.30. The maximum Gasteiger partial charge on any atom is 0.127 e. The van der Waals surface area contributed by atoms with E-state index in [-0.39, 0.29) is 12.0 Å². The Kier molecular flexibility index (Phi) is 5.08. The van der Waals surface area contributed by atoms with Crippen LogP contribution < -0.4 is 10.1 Å². The summed E-state index contributed by atoms with van der Waals surface area (Å²) in [4.78, 5) is 0. The first kappa shape index (κ1) is 15.4. The maximum atomic E-state index is 9.01. The van der Waals surface area contributed by atoms with Crippen LogP contribution in [0.25, 0.3) is 6.08 Å². The summed E-state index contributed by atoms with van der Waals surface area (Å²) in [6, 6.07) is 5.67. The highest BCUT2D eigenvalue weighted by atomic mass is 35.5. The van der Waals surface area contributed by atoms with Crippen molar-refractivity contribution in [3.8, 4) is 5.75 Å². The number of rotatable bonds is 6. The third-order valence-electron chi connectivity index (χ3n) is 3.49. The van der Waals surface area contributed by atoms with Gasteiger partial charge >= 0.3 is 0 Å². The summed E-state index contributed by atoms with van der Waals surface area (Å²) >= 11 is 6.00. The summed E-state index contributed by atoms with van der Waals surface area (Å²) < 4.78 is 5.71. The lowest BCUT2D eigenvalue weighted by atomic mass is 9.89. The van der Waals surface area contributed by atoms with Gasteiger partial charge in [0.2, 0.25) is 0 Å². The van der Waals surface area contributed by atoms with Gasteiger partial charge in [-0.25, -0.2) is 0 Å². The van der Waals surface area contributed by atoms with Crippen molar-refractivity contribution in [2.24, 2.45) is 5.41 Å². The van der Waals surface area contributed by atoms with Crippen LogP contribution >= 0.6 is 11.6 Å². The molecule has 0 aliphatic carbocycles. The molecule has 1 aromatic carbocycles. The van der Waals surface area contributed by atoms with Crippen LogP contribution in [0.3, 0.4) is 0 Å². The minimum atomic E-state index is 0.103. The second kappa shape index (κ2) is 6.61. The fraction of sp³-hybridized carbons (Fsp3) is 0.500. The van der Waals surface area contributed by atoms with Gasteiger partial charge in [-0.1, -0.05) is 25.4 Å². The Morgan fingerprint density at radius 1 is 1.40 bits per heavy atom. The van der Waals surface area contributed by atoms with E-state index in [4.69, 9.17) is 21.4 Å². The van der Waals surface area contributed by atoms with Crippen LogP contribution in [-0.4, -0.2) is 31.4 Å². The number of hydrogen-bond donors (Lipinski definition) is 2. The Balaban J connectivity index is 1.92. The first-order valence-electron chi connectivity index (χ1n) is 6.93. The third-order valence-corrected chi connectivity index (χ3v) is 3.72. The van der Waals surface area contributed by atoms with Crippen LogP contribution in [0.5, 0.6) is 5.75 Å². The Morgan fingerprint density at radius 3 is 2.95 bits per heavy atom. The fourth-order valence-electron chi connectivity index (χ4n) is 2.25. The molecule has 0 fully saturated rings. The molecule has 0 radical (unpaired) electrons. The highest BCUT2D eigenvalue weighted by Crippen LogP contribution is 2.28. The van der Waals surface area contributed by atoms with Gasteiger partial charge in [0.25, 0.3) is 0 Å². The van der Waals surface area contributed by atoms with E-state index in [0.717, 1.165) is 35.8 Å². The number of nitrogens with one attached hydrogen (secondary N) is 1. The summed E-state index contributed by atoms with van der Waals surface area (Å²) in [5, 5.41) is 13.2. The standard InChI is InChI=1S/C16H22ClNO2/c1-16(2,5-6-19)11-18-9-12-7-13-8-14(17)3-4-15(13)20-10-12/h3-4,7-8,18-19H,5-6,9-11H2,1-2H3. The van der Waals surface area contributed by atoms with Gasteiger partial charge in [0.15, 0.2) is 0 Å². The van der Waals surface area contributed by atoms with E-state index >= 15 is 0 Å². The van der Waals surface area contributed by atoms with E-state index in [1.807, 2.05) is 18.2 Å². The molecule has 1 aromatic rings. The van der Waals surface area contributed by atoms with Gasteiger partial charge in [0.1, 0.15) is 12.4 Å². The van der Waals surface area contributed by atoms with Crippen molar-refractivity contribution < 1.29 is 9.84 Å². The van der Waals surface area contributed by atoms with Gasteiger partial charge < -0.3 is 15.2 Å². The van der Waals surface area contributed by atoms with Crippen LogP contribution in [0.1, 0.15) is 25.8 Å². The molecule has 0 atom stereocenters. The Morgan fingerprint density at radius 2 is 2.20 bits per heavy atom. The molecule has 1 heterocycles. The highest BCUT2D eigenvalue weighted by Gasteiger charge is 2.17. The molecule has 1 aliphatic heterocycles. The molecule has 0 unspecified atom stereocenters. The molecule has 110 valence electrons. The van der Waals surface area contributed by atoms with Gasteiger partial charge in [-0.2, -0.15) is 0 Å². The van der Waals surface area contributed by atoms with Crippen molar-refractivity contribution in [2.75, 3.05) is 26.3 Å². The van der Waals surface area contributed by atoms with E-state index < -0.39 is 0 Å². The Bertz CT molecular complexity index is 497. The number of fused-ring (bicyclic) bond motifs is 1. The number of ether oxygens (including phenoxy) is 1. The van der Waals surface area contributed by atoms with Crippen LogP contribution in [-0.2, 0) is 0 Å². The van der Waals surface area contributed by atoms with Gasteiger partial charge in [0, 0.05) is 30.3 Å². The molecule has 2 N–H and O–H groups in total. The summed E-state index contributed by atoms with van der Waals surface area (Å²) in [7, 11) is 0. The minimum absolute atomic E-state index is 0.103. The van der Waals surface area contributed by atoms with E-state index in [0.29, 0.717) is 6.61 Å². The largest absolute Gasteiger partial charge is 0.489 e. The van der Waals surface area contributed by atoms with Crippen molar-refractivity contribution in [2.45, 2.75) is 20.3 Å². The average Bonchev–Trinajstić information content (AvgIpc) is 2.38. The first-order valence-corrected chi connectivity index (χ1v) is 7.31. The molecule has 4 heteroatoms. The molecule has 3 nitrogen and oxygen atoms in total. The smallest absolute Gasteiger partial charge is 0.127 e. The quantitative estimate of drug-likeness (QED) is 0.847. The van der Waals surface area contributed by atoms with Crippen molar-refractivity contribution in [1.29, 1.82) is 0 Å². The zero-order valence-electron chi connectivity index (χ0n) is 12.1. The zero-order valence-corrected chi connectivity index (χ0v) is 12.8. The predicted octanol–water partition coefficient (Wildman–Crippen LogP) is 3.11. The summed E-state index contributed by atoms with van der Waals surface area (Å²) in [6.45, 7) is 6.80. The van der Waals surface area contributed by atoms with E-state index in [1.54, 1.807) is 0 Å². The van der Waals surface area contributed by atoms with Gasteiger partial charge in [0.05, 0.1) is 0 Å². The second-order valence-corrected chi connectivity index (χ2v) is 6.45. The van der Waals surface area contributed by atoms with E-state index in [2.05, 4.69) is 25.2 Å². The van der Waals surface area contributed by atoms with Crippen LogP contribution in [0, 0.1) is 5.41 Å². The molecule has 2 rings (SSSR count). The summed E-state index contributed by atoms with van der Waals surface area (Å²) in [6.07, 6.45) is 2.94. The molecule has 0 amide bonds. The monoisotopic (exact) mass is 295 g/mol. The number of hydrogen-bond acceptors (Lipinski definition) is 3. The van der Waals surface area contributed by atoms with Crippen molar-refractivity contribution in [1.82, 2.24) is 5.32 Å². The van der Waals surface area contributed by atoms with Crippen LogP contribution in [0.4, 0.5) is 0 Å². The Labute approximate surface area is 125 Å². The molecule has 1 aliphatic rings. The number of aliphatic hydroxyl groups excluding tert-OH is 1. The second-order valence-electron chi connectivity index (χ2n) is 6.01. The molecule has 0 saturated carbocycles. The first-order chi connectivity index (χ1) is 9.50. The van der Waals surface area contributed by atoms with Crippen molar-refractivity contribution >= 4 is 17.7 Å². The van der Waals surface area contributed by atoms with Gasteiger partial charge in [-0.3, -0.25) is 0 Å². The minimum Gasteiger partial charge on any atom is -0.489 e. The lowest BCUT2D eigenvalue weighted by Gasteiger charge is -2.25. The Hall–Kier alpha value is -1.03. The van der Waals surface area contributed by atoms with E-state index in [9.17, 15) is 0 Å². The summed E-state index contributed by atoms with van der Waals surface area (Å²) in [5.41, 5.74) is 2.35. The maximum absolute atomic E-state index is 9.01. The SMILES string of the molecule is CC(C)(CCO)CNCC1=Cc2cc(Cl)ccc2OC1. The predicted molar refractivity (Wildman–Crippen MR) is 83.3 cm³/mol. The van der Waals surface area contributed by atoms with Crippen LogP contribution in [0.2, 0.25) is 5.02 Å². The molecule has 0 aromatic heterocycles. The van der Waals surface area contributed by atoms with Gasteiger partial charge in [-0.15, -0.1) is 0 Å². The molecule has 0 bridgehead atoms. The molecular formula is C16H22ClNO2. The third kappa shape index (κ3) is 4.23. The van der Waals surface area contributed by atoms with Crippen molar-refractivity contribution in [3.63, 3.8) is 0 Å². The topological polar surface area (TPSA) is 41.5 Å².